The molecule has 8 heteroatoms. The SMILES string of the molecule is C[C@@H](N)C(=O)Nc1ccn(Cc2ccncc2)n1.Cl.Cl. The zero-order chi connectivity index (χ0) is 13.0. The Morgan fingerprint density at radius 3 is 2.60 bits per heavy atom. The van der Waals surface area contributed by atoms with E-state index in [0.717, 1.165) is 5.56 Å². The highest BCUT2D eigenvalue weighted by Crippen LogP contribution is 2.05. The predicted octanol–water partition coefficient (Wildman–Crippen LogP) is 1.46. The molecule has 6 nitrogen and oxygen atoms in total. The molecule has 0 unspecified atom stereocenters. The minimum atomic E-state index is -0.546. The van der Waals surface area contributed by atoms with Crippen molar-refractivity contribution in [1.29, 1.82) is 0 Å². The maximum atomic E-state index is 11.4. The van der Waals surface area contributed by atoms with Gasteiger partial charge in [0.05, 0.1) is 12.6 Å². The molecule has 1 atom stereocenters. The fraction of sp³-hybridized carbons (Fsp3) is 0.250. The Hall–Kier alpha value is -1.63. The van der Waals surface area contributed by atoms with Gasteiger partial charge in [0, 0.05) is 24.7 Å². The van der Waals surface area contributed by atoms with E-state index >= 15 is 0 Å². The molecule has 3 N–H and O–H groups in total. The molecule has 0 bridgehead atoms. The molecule has 2 rings (SSSR count). The number of aromatic nitrogens is 3. The Morgan fingerprint density at radius 2 is 2.00 bits per heavy atom. The number of carbonyl (C=O) groups excluding carboxylic acids is 1. The Kier molecular flexibility index (Phi) is 7.83. The number of pyridine rings is 1. The molecule has 2 heterocycles. The summed E-state index contributed by atoms with van der Waals surface area (Å²) in [6.07, 6.45) is 5.27. The normalized spacial score (nSPS) is 10.9. The second-order valence-electron chi connectivity index (χ2n) is 4.03. The fourth-order valence-corrected chi connectivity index (χ4v) is 1.43. The summed E-state index contributed by atoms with van der Waals surface area (Å²) in [7, 11) is 0. The summed E-state index contributed by atoms with van der Waals surface area (Å²) in [5, 5.41) is 6.88. The van der Waals surface area contributed by atoms with E-state index < -0.39 is 6.04 Å². The van der Waals surface area contributed by atoms with Gasteiger partial charge < -0.3 is 11.1 Å². The lowest BCUT2D eigenvalue weighted by Gasteiger charge is -2.04. The van der Waals surface area contributed by atoms with Gasteiger partial charge in [0.2, 0.25) is 5.91 Å². The molecule has 0 saturated carbocycles. The first-order chi connectivity index (χ1) is 8.65. The van der Waals surface area contributed by atoms with E-state index in [1.807, 2.05) is 12.1 Å². The smallest absolute Gasteiger partial charge is 0.242 e. The van der Waals surface area contributed by atoms with Crippen LogP contribution in [0.25, 0.3) is 0 Å². The second-order valence-corrected chi connectivity index (χ2v) is 4.03. The van der Waals surface area contributed by atoms with Crippen molar-refractivity contribution in [3.63, 3.8) is 0 Å². The summed E-state index contributed by atoms with van der Waals surface area (Å²) in [4.78, 5) is 15.3. The van der Waals surface area contributed by atoms with E-state index in [1.165, 1.54) is 0 Å². The summed E-state index contributed by atoms with van der Waals surface area (Å²) < 4.78 is 1.74. The van der Waals surface area contributed by atoms with Crippen molar-refractivity contribution in [2.75, 3.05) is 5.32 Å². The second kappa shape index (κ2) is 8.52. The lowest BCUT2D eigenvalue weighted by atomic mass is 10.3. The van der Waals surface area contributed by atoms with Gasteiger partial charge in [0.1, 0.15) is 0 Å². The van der Waals surface area contributed by atoms with Gasteiger partial charge in [0.15, 0.2) is 5.82 Å². The molecule has 2 aromatic heterocycles. The maximum absolute atomic E-state index is 11.4. The number of rotatable bonds is 4. The Labute approximate surface area is 129 Å². The van der Waals surface area contributed by atoms with Crippen molar-refractivity contribution in [2.24, 2.45) is 5.73 Å². The van der Waals surface area contributed by atoms with Gasteiger partial charge in [-0.25, -0.2) is 0 Å². The van der Waals surface area contributed by atoms with E-state index in [9.17, 15) is 4.79 Å². The molecule has 110 valence electrons. The molecule has 0 aliphatic carbocycles. The number of hydrogen-bond acceptors (Lipinski definition) is 4. The van der Waals surface area contributed by atoms with Crippen molar-refractivity contribution in [1.82, 2.24) is 14.8 Å². The highest BCUT2D eigenvalue weighted by Gasteiger charge is 2.09. The maximum Gasteiger partial charge on any atom is 0.242 e. The van der Waals surface area contributed by atoms with Crippen molar-refractivity contribution >= 4 is 36.5 Å². The summed E-state index contributed by atoms with van der Waals surface area (Å²) in [5.41, 5.74) is 6.56. The molecular weight excluding hydrogens is 301 g/mol. The van der Waals surface area contributed by atoms with Crippen LogP contribution in [0.4, 0.5) is 5.82 Å². The Morgan fingerprint density at radius 1 is 1.35 bits per heavy atom. The van der Waals surface area contributed by atoms with Crippen LogP contribution in [0.3, 0.4) is 0 Å². The highest BCUT2D eigenvalue weighted by atomic mass is 35.5. The van der Waals surface area contributed by atoms with Gasteiger partial charge in [-0.2, -0.15) is 5.10 Å². The third kappa shape index (κ3) is 5.16. The molecule has 0 radical (unpaired) electrons. The largest absolute Gasteiger partial charge is 0.320 e. The average molecular weight is 318 g/mol. The van der Waals surface area contributed by atoms with Gasteiger partial charge in [-0.3, -0.25) is 14.5 Å². The molecule has 20 heavy (non-hydrogen) atoms. The molecular formula is C12H17Cl2N5O. The summed E-state index contributed by atoms with van der Waals surface area (Å²) in [6, 6.07) is 5.03. The van der Waals surface area contributed by atoms with Crippen LogP contribution in [0.1, 0.15) is 12.5 Å². The standard InChI is InChI=1S/C12H15N5O.2ClH/c1-9(13)12(18)15-11-4-7-17(16-11)8-10-2-5-14-6-3-10;;/h2-7,9H,8,13H2,1H3,(H,15,16,18);2*1H/t9-;;/m1../s1. The van der Waals surface area contributed by atoms with Crippen LogP contribution in [0.2, 0.25) is 0 Å². The quantitative estimate of drug-likeness (QED) is 0.893. The van der Waals surface area contributed by atoms with Gasteiger partial charge in [-0.05, 0) is 24.6 Å². The third-order valence-corrected chi connectivity index (χ3v) is 2.40. The molecule has 0 saturated heterocycles. The van der Waals surface area contributed by atoms with Crippen LogP contribution in [0.5, 0.6) is 0 Å². The number of nitrogens with two attached hydrogens (primary N) is 1. The first kappa shape index (κ1) is 18.4. The van der Waals surface area contributed by atoms with E-state index in [4.69, 9.17) is 5.73 Å². The number of amides is 1. The van der Waals surface area contributed by atoms with Crippen molar-refractivity contribution in [3.8, 4) is 0 Å². The number of anilines is 1. The number of nitrogens with one attached hydrogen (secondary N) is 1. The number of halogens is 2. The lowest BCUT2D eigenvalue weighted by molar-refractivity contribution is -0.117. The first-order valence-electron chi connectivity index (χ1n) is 5.64. The molecule has 0 fully saturated rings. The monoisotopic (exact) mass is 317 g/mol. The molecule has 0 aliphatic heterocycles. The third-order valence-electron chi connectivity index (χ3n) is 2.40. The number of hydrogen-bond donors (Lipinski definition) is 2. The molecule has 0 aliphatic rings. The van der Waals surface area contributed by atoms with E-state index in [0.29, 0.717) is 12.4 Å². The van der Waals surface area contributed by atoms with Crippen molar-refractivity contribution in [3.05, 3.63) is 42.4 Å². The predicted molar refractivity (Wildman–Crippen MR) is 82.3 cm³/mol. The highest BCUT2D eigenvalue weighted by molar-refractivity contribution is 5.93. The molecule has 2 aromatic rings. The summed E-state index contributed by atoms with van der Waals surface area (Å²) >= 11 is 0. The van der Waals surface area contributed by atoms with Crippen LogP contribution in [-0.4, -0.2) is 26.7 Å². The molecule has 0 aromatic carbocycles. The van der Waals surface area contributed by atoms with Crippen LogP contribution in [-0.2, 0) is 11.3 Å². The number of nitrogens with zero attached hydrogens (tertiary/aromatic N) is 3. The van der Waals surface area contributed by atoms with Gasteiger partial charge in [0.25, 0.3) is 0 Å². The first-order valence-corrected chi connectivity index (χ1v) is 5.64. The average Bonchev–Trinajstić information content (AvgIpc) is 2.77. The minimum absolute atomic E-state index is 0. The van der Waals surface area contributed by atoms with Crippen molar-refractivity contribution in [2.45, 2.75) is 19.5 Å². The van der Waals surface area contributed by atoms with E-state index in [2.05, 4.69) is 15.4 Å². The van der Waals surface area contributed by atoms with Crippen molar-refractivity contribution < 1.29 is 4.79 Å². The summed E-state index contributed by atoms with van der Waals surface area (Å²) in [5.74, 6) is 0.260. The van der Waals surface area contributed by atoms with Gasteiger partial charge in [-0.1, -0.05) is 0 Å². The zero-order valence-corrected chi connectivity index (χ0v) is 12.5. The van der Waals surface area contributed by atoms with Crippen LogP contribution in [0.15, 0.2) is 36.8 Å². The zero-order valence-electron chi connectivity index (χ0n) is 10.9. The van der Waals surface area contributed by atoms with Gasteiger partial charge >= 0.3 is 0 Å². The fourth-order valence-electron chi connectivity index (χ4n) is 1.43. The lowest BCUT2D eigenvalue weighted by Crippen LogP contribution is -2.32. The summed E-state index contributed by atoms with van der Waals surface area (Å²) in [6.45, 7) is 2.26. The number of carbonyl (C=O) groups is 1. The van der Waals surface area contributed by atoms with Gasteiger partial charge in [-0.15, -0.1) is 24.8 Å². The van der Waals surface area contributed by atoms with Crippen LogP contribution >= 0.6 is 24.8 Å². The minimum Gasteiger partial charge on any atom is -0.320 e. The Balaban J connectivity index is 0.00000180. The van der Waals surface area contributed by atoms with Crippen LogP contribution in [0, 0.1) is 0 Å². The topological polar surface area (TPSA) is 85.8 Å². The van der Waals surface area contributed by atoms with E-state index in [1.54, 1.807) is 36.3 Å². The Bertz CT molecular complexity index is 530. The van der Waals surface area contributed by atoms with Crippen LogP contribution < -0.4 is 11.1 Å². The van der Waals surface area contributed by atoms with E-state index in [-0.39, 0.29) is 30.7 Å². The molecule has 1 amide bonds. The molecule has 0 spiro atoms.